The summed E-state index contributed by atoms with van der Waals surface area (Å²) >= 11 is 3.52. The third-order valence-electron chi connectivity index (χ3n) is 7.08. The maximum absolute atomic E-state index is 12.8. The van der Waals surface area contributed by atoms with Gasteiger partial charge in [-0.3, -0.25) is 10.2 Å². The Morgan fingerprint density at radius 1 is 1.12 bits per heavy atom. The summed E-state index contributed by atoms with van der Waals surface area (Å²) in [7, 11) is 1.58. The van der Waals surface area contributed by atoms with Crippen molar-refractivity contribution in [2.24, 2.45) is 16.0 Å². The predicted molar refractivity (Wildman–Crippen MR) is 169 cm³/mol. The number of hydrogen-bond donors (Lipinski definition) is 1. The standard InChI is InChI=1S/C30H33IN4O4S/c1-18(2)29-34-35-27(32)23(28(36)33-30(35)40-29)15-19-16-24(31)26(25(17-19)37-3)39-14-13-38-22-11-9-21(10-12-22)20-7-5-4-6-8-20/h9-12,15-18,20,32H,4-8,13-14H2,1-3H3/b23-15-,32-27?. The Morgan fingerprint density at radius 2 is 1.85 bits per heavy atom. The Morgan fingerprint density at radius 3 is 2.55 bits per heavy atom. The van der Waals surface area contributed by atoms with E-state index in [2.05, 4.69) is 44.8 Å². The van der Waals surface area contributed by atoms with Gasteiger partial charge in [-0.1, -0.05) is 45.2 Å². The van der Waals surface area contributed by atoms with Gasteiger partial charge in [-0.25, -0.2) is 0 Å². The van der Waals surface area contributed by atoms with E-state index in [9.17, 15) is 4.79 Å². The average molecular weight is 673 g/mol. The van der Waals surface area contributed by atoms with E-state index in [0.717, 1.165) is 14.4 Å². The molecule has 2 aromatic rings. The highest BCUT2D eigenvalue weighted by atomic mass is 127. The zero-order chi connectivity index (χ0) is 28.2. The summed E-state index contributed by atoms with van der Waals surface area (Å²) in [5.74, 6) is 2.39. The second kappa shape index (κ2) is 12.8. The minimum atomic E-state index is -0.456. The van der Waals surface area contributed by atoms with Crippen LogP contribution in [0.1, 0.15) is 63.0 Å². The van der Waals surface area contributed by atoms with Crippen molar-refractivity contribution in [3.63, 3.8) is 0 Å². The monoisotopic (exact) mass is 672 g/mol. The van der Waals surface area contributed by atoms with Crippen LogP contribution >= 0.6 is 34.4 Å². The number of thioether (sulfide) groups is 1. The normalized spacial score (nSPS) is 18.6. The first-order valence-electron chi connectivity index (χ1n) is 13.6. The third-order valence-corrected chi connectivity index (χ3v) is 9.09. The molecule has 0 atom stereocenters. The Hall–Kier alpha value is -2.86. The smallest absolute Gasteiger partial charge is 0.283 e. The minimum absolute atomic E-state index is 0.0105. The lowest BCUT2D eigenvalue weighted by molar-refractivity contribution is -0.114. The minimum Gasteiger partial charge on any atom is -0.493 e. The molecule has 210 valence electrons. The number of halogens is 1. The van der Waals surface area contributed by atoms with Crippen molar-refractivity contribution in [1.82, 2.24) is 5.01 Å². The Bertz CT molecular complexity index is 1380. The number of hydrogen-bond acceptors (Lipinski definition) is 7. The number of aliphatic imine (C=N–C) groups is 1. The predicted octanol–water partition coefficient (Wildman–Crippen LogP) is 7.08. The molecule has 0 aromatic heterocycles. The van der Waals surface area contributed by atoms with Crippen molar-refractivity contribution in [1.29, 1.82) is 5.41 Å². The van der Waals surface area contributed by atoms with Gasteiger partial charge >= 0.3 is 0 Å². The largest absolute Gasteiger partial charge is 0.493 e. The molecule has 8 nitrogen and oxygen atoms in total. The molecular weight excluding hydrogens is 639 g/mol. The summed E-state index contributed by atoms with van der Waals surface area (Å²) in [5, 5.41) is 15.7. The van der Waals surface area contributed by atoms with Crippen molar-refractivity contribution in [2.45, 2.75) is 51.9 Å². The molecule has 0 unspecified atom stereocenters. The highest BCUT2D eigenvalue weighted by Crippen LogP contribution is 2.36. The first-order chi connectivity index (χ1) is 19.3. The molecule has 1 aliphatic carbocycles. The van der Waals surface area contributed by atoms with E-state index in [1.165, 1.54) is 54.4 Å². The third kappa shape index (κ3) is 6.38. The van der Waals surface area contributed by atoms with Crippen LogP contribution in [0.25, 0.3) is 6.08 Å². The molecule has 1 amide bonds. The molecule has 0 bridgehead atoms. The molecule has 2 heterocycles. The van der Waals surface area contributed by atoms with Gasteiger partial charge in [0, 0.05) is 5.92 Å². The van der Waals surface area contributed by atoms with Gasteiger partial charge in [-0.15, -0.1) is 0 Å². The maximum Gasteiger partial charge on any atom is 0.283 e. The molecule has 40 heavy (non-hydrogen) atoms. The summed E-state index contributed by atoms with van der Waals surface area (Å²) in [6.45, 7) is 4.78. The van der Waals surface area contributed by atoms with Crippen LogP contribution in [0.3, 0.4) is 0 Å². The van der Waals surface area contributed by atoms with E-state index in [1.54, 1.807) is 19.3 Å². The van der Waals surface area contributed by atoms with Gasteiger partial charge in [0.2, 0.25) is 5.17 Å². The van der Waals surface area contributed by atoms with Crippen LogP contribution in [0.2, 0.25) is 0 Å². The maximum atomic E-state index is 12.8. The van der Waals surface area contributed by atoms with E-state index in [4.69, 9.17) is 19.6 Å². The quantitative estimate of drug-likeness (QED) is 0.174. The fourth-order valence-corrected chi connectivity index (χ4v) is 6.62. The number of hydrazone groups is 1. The molecule has 2 aromatic carbocycles. The van der Waals surface area contributed by atoms with Crippen LogP contribution in [0.5, 0.6) is 17.2 Å². The molecule has 0 spiro atoms. The highest BCUT2D eigenvalue weighted by molar-refractivity contribution is 14.1. The Labute approximate surface area is 252 Å². The van der Waals surface area contributed by atoms with Gasteiger partial charge in [0.15, 0.2) is 17.3 Å². The molecule has 1 saturated carbocycles. The zero-order valence-electron chi connectivity index (χ0n) is 22.9. The number of nitrogens with zero attached hydrogens (tertiary/aromatic N) is 3. The van der Waals surface area contributed by atoms with Crippen LogP contribution in [0.4, 0.5) is 0 Å². The van der Waals surface area contributed by atoms with Gasteiger partial charge in [0.05, 0.1) is 16.3 Å². The van der Waals surface area contributed by atoms with E-state index in [1.807, 2.05) is 32.0 Å². The van der Waals surface area contributed by atoms with Crippen LogP contribution in [-0.4, -0.2) is 47.3 Å². The van der Waals surface area contributed by atoms with Crippen molar-refractivity contribution in [3.05, 3.63) is 56.7 Å². The van der Waals surface area contributed by atoms with E-state index < -0.39 is 5.91 Å². The fourth-order valence-electron chi connectivity index (χ4n) is 4.95. The number of amides is 1. The highest BCUT2D eigenvalue weighted by Gasteiger charge is 2.36. The molecule has 10 heteroatoms. The lowest BCUT2D eigenvalue weighted by Crippen LogP contribution is -2.35. The summed E-state index contributed by atoms with van der Waals surface area (Å²) in [4.78, 5) is 16.9. The molecule has 5 rings (SSSR count). The molecule has 0 saturated heterocycles. The molecule has 2 aliphatic heterocycles. The van der Waals surface area contributed by atoms with Crippen LogP contribution < -0.4 is 14.2 Å². The lowest BCUT2D eigenvalue weighted by atomic mass is 9.84. The van der Waals surface area contributed by atoms with Gasteiger partial charge in [0.25, 0.3) is 5.91 Å². The number of rotatable bonds is 9. The molecule has 1 N–H and O–H groups in total. The number of amidine groups is 2. The number of ether oxygens (including phenoxy) is 3. The van der Waals surface area contributed by atoms with Crippen molar-refractivity contribution in [3.8, 4) is 17.2 Å². The molecule has 1 fully saturated rings. The van der Waals surface area contributed by atoms with Gasteiger partial charge in [-0.05, 0) is 94.6 Å². The average Bonchev–Trinajstić information content (AvgIpc) is 3.39. The molecule has 3 aliphatic rings. The first kappa shape index (κ1) is 28.7. The summed E-state index contributed by atoms with van der Waals surface area (Å²) in [6, 6.07) is 12.1. The Kier molecular flexibility index (Phi) is 9.14. The van der Waals surface area contributed by atoms with Gasteiger partial charge < -0.3 is 14.2 Å². The van der Waals surface area contributed by atoms with Crippen molar-refractivity contribution in [2.75, 3.05) is 20.3 Å². The number of nitrogens with one attached hydrogen (secondary N) is 1. The zero-order valence-corrected chi connectivity index (χ0v) is 25.9. The van der Waals surface area contributed by atoms with E-state index in [-0.39, 0.29) is 17.3 Å². The second-order valence-corrected chi connectivity index (χ2v) is 12.4. The van der Waals surface area contributed by atoms with E-state index in [0.29, 0.717) is 41.4 Å². The van der Waals surface area contributed by atoms with Gasteiger partial charge in [0.1, 0.15) is 24.0 Å². The summed E-state index contributed by atoms with van der Waals surface area (Å²) in [5.41, 5.74) is 2.28. The van der Waals surface area contributed by atoms with Crippen molar-refractivity contribution < 1.29 is 19.0 Å². The number of methoxy groups -OCH3 is 1. The summed E-state index contributed by atoms with van der Waals surface area (Å²) in [6.07, 6.45) is 8.21. The van der Waals surface area contributed by atoms with Crippen LogP contribution in [0.15, 0.2) is 52.1 Å². The topological polar surface area (TPSA) is 96.6 Å². The summed E-state index contributed by atoms with van der Waals surface area (Å²) < 4.78 is 18.4. The van der Waals surface area contributed by atoms with Gasteiger partial charge in [-0.2, -0.15) is 15.1 Å². The first-order valence-corrected chi connectivity index (χ1v) is 15.5. The fraction of sp³-hybridized carbons (Fsp3) is 0.400. The SMILES string of the molecule is COc1cc(/C=C2/C(=N)N3N=C(C(C)C)SC3=NC2=O)cc(I)c1OCCOc1ccc(C2CCCCC2)cc1. The Balaban J connectivity index is 1.22. The number of carbonyl (C=O) groups excluding carboxylic acids is 1. The number of carbonyl (C=O) groups is 1. The van der Waals surface area contributed by atoms with E-state index >= 15 is 0 Å². The van der Waals surface area contributed by atoms with Crippen LogP contribution in [0, 0.1) is 14.9 Å². The molecular formula is C30H33IN4O4S. The van der Waals surface area contributed by atoms with Crippen LogP contribution in [-0.2, 0) is 4.79 Å². The number of benzene rings is 2. The lowest BCUT2D eigenvalue weighted by Gasteiger charge is -2.22. The second-order valence-electron chi connectivity index (χ2n) is 10.2. The van der Waals surface area contributed by atoms with Crippen molar-refractivity contribution >= 4 is 62.4 Å². The number of fused-ring (bicyclic) bond motifs is 1. The molecule has 0 radical (unpaired) electrons.